The van der Waals surface area contributed by atoms with Gasteiger partial charge in [0.2, 0.25) is 0 Å². The number of aliphatic hydroxyl groups excluding tert-OH is 2. The lowest BCUT2D eigenvalue weighted by Gasteiger charge is -2.07. The van der Waals surface area contributed by atoms with Crippen molar-refractivity contribution >= 4 is 5.78 Å². The van der Waals surface area contributed by atoms with E-state index in [0.717, 1.165) is 12.8 Å². The van der Waals surface area contributed by atoms with E-state index in [2.05, 4.69) is 6.92 Å². The molecule has 0 bridgehead atoms. The largest absolute Gasteiger partial charge is 0.388 e. The molecular formula is C17H34O3. The van der Waals surface area contributed by atoms with Gasteiger partial charge < -0.3 is 10.2 Å². The van der Waals surface area contributed by atoms with Crippen LogP contribution in [0.3, 0.4) is 0 Å². The fraction of sp³-hybridized carbons (Fsp3) is 0.941. The first-order chi connectivity index (χ1) is 9.72. The molecule has 0 fully saturated rings. The minimum atomic E-state index is -0.955. The highest BCUT2D eigenvalue weighted by Gasteiger charge is 2.12. The molecule has 1 unspecified atom stereocenters. The molecule has 0 rings (SSSR count). The molecule has 0 saturated carbocycles. The molecule has 0 aliphatic carbocycles. The van der Waals surface area contributed by atoms with Crippen LogP contribution in [0.1, 0.15) is 90.4 Å². The first-order valence-electron chi connectivity index (χ1n) is 8.54. The maximum atomic E-state index is 10.9. The van der Waals surface area contributed by atoms with Crippen LogP contribution in [-0.4, -0.2) is 28.7 Å². The molecule has 3 heteroatoms. The average Bonchev–Trinajstić information content (AvgIpc) is 2.47. The summed E-state index contributed by atoms with van der Waals surface area (Å²) >= 11 is 0. The summed E-state index contributed by atoms with van der Waals surface area (Å²) < 4.78 is 0. The Balaban J connectivity index is 3.11. The number of rotatable bonds is 15. The summed E-state index contributed by atoms with van der Waals surface area (Å²) in [7, 11) is 0. The number of hydrogen-bond donors (Lipinski definition) is 2. The van der Waals surface area contributed by atoms with Crippen LogP contribution < -0.4 is 0 Å². The van der Waals surface area contributed by atoms with E-state index in [4.69, 9.17) is 5.11 Å². The monoisotopic (exact) mass is 286 g/mol. The van der Waals surface area contributed by atoms with Crippen molar-refractivity contribution in [1.82, 2.24) is 0 Å². The molecule has 0 aliphatic heterocycles. The van der Waals surface area contributed by atoms with Crippen molar-refractivity contribution in [1.29, 1.82) is 0 Å². The van der Waals surface area contributed by atoms with E-state index < -0.39 is 18.5 Å². The second-order valence-corrected chi connectivity index (χ2v) is 5.82. The first kappa shape index (κ1) is 19.6. The minimum absolute atomic E-state index is 0.451. The zero-order valence-electron chi connectivity index (χ0n) is 13.3. The van der Waals surface area contributed by atoms with Gasteiger partial charge in [-0.2, -0.15) is 0 Å². The molecule has 0 saturated heterocycles. The summed E-state index contributed by atoms with van der Waals surface area (Å²) in [6, 6.07) is 0. The van der Waals surface area contributed by atoms with Crippen LogP contribution in [-0.2, 0) is 4.79 Å². The number of carbonyl (C=O) groups is 1. The van der Waals surface area contributed by atoms with E-state index >= 15 is 0 Å². The van der Waals surface area contributed by atoms with Crippen LogP contribution in [0.15, 0.2) is 0 Å². The van der Waals surface area contributed by atoms with Gasteiger partial charge in [0.15, 0.2) is 5.78 Å². The molecule has 0 aliphatic rings. The Bertz CT molecular complexity index is 216. The Morgan fingerprint density at radius 1 is 0.800 bits per heavy atom. The number of ketones is 1. The number of unbranched alkanes of at least 4 members (excludes halogenated alkanes) is 11. The van der Waals surface area contributed by atoms with E-state index in [9.17, 15) is 9.90 Å². The highest BCUT2D eigenvalue weighted by molar-refractivity contribution is 5.83. The first-order valence-corrected chi connectivity index (χ1v) is 8.54. The lowest BCUT2D eigenvalue weighted by atomic mass is 10.0. The summed E-state index contributed by atoms with van der Waals surface area (Å²) in [5, 5.41) is 18.0. The maximum absolute atomic E-state index is 10.9. The third kappa shape index (κ3) is 12.6. The topological polar surface area (TPSA) is 57.5 Å². The number of hydrogen-bond acceptors (Lipinski definition) is 3. The van der Waals surface area contributed by atoms with Gasteiger partial charge in [0.05, 0.1) is 0 Å². The zero-order chi connectivity index (χ0) is 15.1. The summed E-state index contributed by atoms with van der Waals surface area (Å²) in [6.45, 7) is 1.71. The normalized spacial score (nSPS) is 12.6. The van der Waals surface area contributed by atoms with Crippen molar-refractivity contribution < 1.29 is 15.0 Å². The van der Waals surface area contributed by atoms with Crippen molar-refractivity contribution in [3.63, 3.8) is 0 Å². The maximum Gasteiger partial charge on any atom is 0.186 e. The lowest BCUT2D eigenvalue weighted by Crippen LogP contribution is -2.23. The predicted octanol–water partition coefficient (Wildman–Crippen LogP) is 4.00. The molecule has 0 spiro atoms. The van der Waals surface area contributed by atoms with Gasteiger partial charge >= 0.3 is 0 Å². The fourth-order valence-electron chi connectivity index (χ4n) is 2.45. The van der Waals surface area contributed by atoms with Crippen LogP contribution >= 0.6 is 0 Å². The van der Waals surface area contributed by atoms with E-state index in [1.54, 1.807) is 0 Å². The molecule has 0 aromatic rings. The smallest absolute Gasteiger partial charge is 0.186 e. The molecule has 2 N–H and O–H groups in total. The molecular weight excluding hydrogens is 252 g/mol. The summed E-state index contributed by atoms with van der Waals surface area (Å²) in [5.41, 5.74) is 0. The highest BCUT2D eigenvalue weighted by Crippen LogP contribution is 2.13. The van der Waals surface area contributed by atoms with Crippen LogP contribution in [0.4, 0.5) is 0 Å². The van der Waals surface area contributed by atoms with Crippen molar-refractivity contribution in [2.75, 3.05) is 6.61 Å². The van der Waals surface area contributed by atoms with E-state index in [0.29, 0.717) is 6.42 Å². The highest BCUT2D eigenvalue weighted by atomic mass is 16.3. The third-order valence-corrected chi connectivity index (χ3v) is 3.86. The fourth-order valence-corrected chi connectivity index (χ4v) is 2.45. The summed E-state index contributed by atoms with van der Waals surface area (Å²) in [5.74, 6) is -0.451. The standard InChI is InChI=1S/C17H34O3/c1-2-3-4-5-6-7-8-9-10-11-12-13-14-16(19)17(20)15-18/h16,18-19H,2-15H2,1H3. The van der Waals surface area contributed by atoms with Gasteiger partial charge in [0.25, 0.3) is 0 Å². The zero-order valence-corrected chi connectivity index (χ0v) is 13.3. The molecule has 3 nitrogen and oxygen atoms in total. The predicted molar refractivity (Wildman–Crippen MR) is 83.8 cm³/mol. The SMILES string of the molecule is CCCCCCCCCCCCCCC(O)C(=O)CO. The Morgan fingerprint density at radius 3 is 1.60 bits per heavy atom. The van der Waals surface area contributed by atoms with Crippen LogP contribution in [0, 0.1) is 0 Å². The van der Waals surface area contributed by atoms with Crippen LogP contribution in [0.2, 0.25) is 0 Å². The molecule has 0 radical (unpaired) electrons. The number of Topliss-reactive ketones (excluding diaryl/α,β-unsaturated/α-hetero) is 1. The van der Waals surface area contributed by atoms with Crippen molar-refractivity contribution in [3.05, 3.63) is 0 Å². The van der Waals surface area contributed by atoms with E-state index in [-0.39, 0.29) is 0 Å². The van der Waals surface area contributed by atoms with Gasteiger partial charge in [-0.15, -0.1) is 0 Å². The van der Waals surface area contributed by atoms with Crippen LogP contribution in [0.25, 0.3) is 0 Å². The van der Waals surface area contributed by atoms with Crippen molar-refractivity contribution in [2.45, 2.75) is 96.5 Å². The second kappa shape index (κ2) is 15.0. The molecule has 0 amide bonds. The molecule has 20 heavy (non-hydrogen) atoms. The van der Waals surface area contributed by atoms with Gasteiger partial charge in [0, 0.05) is 0 Å². The molecule has 0 aromatic heterocycles. The van der Waals surface area contributed by atoms with Gasteiger partial charge in [0.1, 0.15) is 12.7 Å². The van der Waals surface area contributed by atoms with Gasteiger partial charge in [-0.1, -0.05) is 84.0 Å². The molecule has 0 heterocycles. The van der Waals surface area contributed by atoms with Crippen molar-refractivity contribution in [3.8, 4) is 0 Å². The summed E-state index contributed by atoms with van der Waals surface area (Å²) in [6.07, 6.45) is 14.8. The lowest BCUT2D eigenvalue weighted by molar-refractivity contribution is -0.130. The van der Waals surface area contributed by atoms with E-state index in [1.165, 1.54) is 64.2 Å². The molecule has 1 atom stereocenters. The van der Waals surface area contributed by atoms with Gasteiger partial charge in [-0.05, 0) is 6.42 Å². The Kier molecular flexibility index (Phi) is 14.7. The Morgan fingerprint density at radius 2 is 1.20 bits per heavy atom. The van der Waals surface area contributed by atoms with Gasteiger partial charge in [-0.3, -0.25) is 4.79 Å². The summed E-state index contributed by atoms with van der Waals surface area (Å²) in [4.78, 5) is 10.9. The van der Waals surface area contributed by atoms with Crippen molar-refractivity contribution in [2.24, 2.45) is 0 Å². The number of carbonyl (C=O) groups excluding carboxylic acids is 1. The molecule has 0 aromatic carbocycles. The second-order valence-electron chi connectivity index (χ2n) is 5.82. The van der Waals surface area contributed by atoms with E-state index in [1.807, 2.05) is 0 Å². The Labute approximate surface area is 124 Å². The quantitative estimate of drug-likeness (QED) is 0.447. The molecule has 120 valence electrons. The Hall–Kier alpha value is -0.410. The minimum Gasteiger partial charge on any atom is -0.388 e. The average molecular weight is 286 g/mol. The van der Waals surface area contributed by atoms with Crippen LogP contribution in [0.5, 0.6) is 0 Å². The number of aliphatic hydroxyl groups is 2. The third-order valence-electron chi connectivity index (χ3n) is 3.86. The van der Waals surface area contributed by atoms with Gasteiger partial charge in [-0.25, -0.2) is 0 Å².